The first-order valence-corrected chi connectivity index (χ1v) is 6.99. The molecule has 0 radical (unpaired) electrons. The SMILES string of the molecule is Nc1ccc(-c2[nH]c3cccc4c3c2CCC4N)cc1. The first-order valence-electron chi connectivity index (χ1n) is 6.99. The summed E-state index contributed by atoms with van der Waals surface area (Å²) in [5.41, 5.74) is 19.0. The molecule has 1 atom stereocenters. The molecule has 100 valence electrons. The molecule has 5 N–H and O–H groups in total. The Kier molecular flexibility index (Phi) is 2.38. The van der Waals surface area contributed by atoms with Gasteiger partial charge in [0.2, 0.25) is 0 Å². The number of aromatic amines is 1. The third-order valence-corrected chi connectivity index (χ3v) is 4.26. The zero-order valence-electron chi connectivity index (χ0n) is 11.2. The van der Waals surface area contributed by atoms with Crippen LogP contribution in [0.5, 0.6) is 0 Å². The van der Waals surface area contributed by atoms with Gasteiger partial charge in [-0.1, -0.05) is 24.3 Å². The minimum atomic E-state index is 0.154. The molecule has 1 aliphatic rings. The van der Waals surface area contributed by atoms with Crippen LogP contribution in [0.3, 0.4) is 0 Å². The van der Waals surface area contributed by atoms with Crippen LogP contribution >= 0.6 is 0 Å². The number of nitrogens with two attached hydrogens (primary N) is 2. The lowest BCUT2D eigenvalue weighted by Gasteiger charge is -2.20. The number of hydrogen-bond acceptors (Lipinski definition) is 2. The van der Waals surface area contributed by atoms with Crippen molar-refractivity contribution < 1.29 is 0 Å². The first kappa shape index (κ1) is 11.6. The Balaban J connectivity index is 2.01. The zero-order chi connectivity index (χ0) is 13.7. The summed E-state index contributed by atoms with van der Waals surface area (Å²) in [5, 5.41) is 1.32. The summed E-state index contributed by atoms with van der Waals surface area (Å²) in [5.74, 6) is 0. The van der Waals surface area contributed by atoms with Crippen LogP contribution in [-0.2, 0) is 6.42 Å². The Hall–Kier alpha value is -2.26. The van der Waals surface area contributed by atoms with Crippen molar-refractivity contribution in [2.75, 3.05) is 5.73 Å². The van der Waals surface area contributed by atoms with Gasteiger partial charge in [-0.15, -0.1) is 0 Å². The van der Waals surface area contributed by atoms with Crippen LogP contribution in [0, 0.1) is 0 Å². The number of hydrogen-bond donors (Lipinski definition) is 3. The number of nitrogen functional groups attached to an aromatic ring is 1. The van der Waals surface area contributed by atoms with Crippen molar-refractivity contribution in [2.24, 2.45) is 5.73 Å². The quantitative estimate of drug-likeness (QED) is 0.589. The summed E-state index contributed by atoms with van der Waals surface area (Å²) in [4.78, 5) is 3.56. The van der Waals surface area contributed by atoms with Crippen molar-refractivity contribution in [3.8, 4) is 11.3 Å². The van der Waals surface area contributed by atoms with Crippen molar-refractivity contribution in [2.45, 2.75) is 18.9 Å². The lowest BCUT2D eigenvalue weighted by Crippen LogP contribution is -2.15. The molecule has 0 fully saturated rings. The fourth-order valence-corrected chi connectivity index (χ4v) is 3.26. The number of aromatic nitrogens is 1. The van der Waals surface area contributed by atoms with Crippen LogP contribution in [0.25, 0.3) is 22.2 Å². The van der Waals surface area contributed by atoms with Gasteiger partial charge in [-0.3, -0.25) is 0 Å². The van der Waals surface area contributed by atoms with Crippen LogP contribution < -0.4 is 11.5 Å². The smallest absolute Gasteiger partial charge is 0.0497 e. The molecule has 0 spiro atoms. The second-order valence-corrected chi connectivity index (χ2v) is 5.52. The van der Waals surface area contributed by atoms with E-state index in [4.69, 9.17) is 11.5 Å². The summed E-state index contributed by atoms with van der Waals surface area (Å²) >= 11 is 0. The van der Waals surface area contributed by atoms with Crippen LogP contribution in [0.15, 0.2) is 42.5 Å². The van der Waals surface area contributed by atoms with Gasteiger partial charge in [0, 0.05) is 28.3 Å². The standard InChI is InChI=1S/C17H17N3/c18-11-6-4-10(5-7-11)17-13-8-9-14(19)12-2-1-3-15(20-17)16(12)13/h1-7,14,20H,8-9,18-19H2. The molecule has 2 aromatic carbocycles. The summed E-state index contributed by atoms with van der Waals surface area (Å²) < 4.78 is 0. The minimum absolute atomic E-state index is 0.154. The van der Waals surface area contributed by atoms with Crippen LogP contribution in [-0.4, -0.2) is 4.98 Å². The Bertz CT molecular complexity index is 784. The van der Waals surface area contributed by atoms with Gasteiger partial charge in [0.25, 0.3) is 0 Å². The molecule has 20 heavy (non-hydrogen) atoms. The topological polar surface area (TPSA) is 67.8 Å². The van der Waals surface area contributed by atoms with Gasteiger partial charge in [-0.05, 0) is 47.7 Å². The number of benzene rings is 2. The summed E-state index contributed by atoms with van der Waals surface area (Å²) in [6, 6.07) is 14.6. The van der Waals surface area contributed by atoms with Crippen molar-refractivity contribution in [1.29, 1.82) is 0 Å². The second kappa shape index (κ2) is 4.12. The van der Waals surface area contributed by atoms with Gasteiger partial charge in [0.15, 0.2) is 0 Å². The number of anilines is 1. The van der Waals surface area contributed by atoms with Crippen molar-refractivity contribution in [3.63, 3.8) is 0 Å². The Morgan fingerprint density at radius 1 is 1.05 bits per heavy atom. The highest BCUT2D eigenvalue weighted by Gasteiger charge is 2.23. The minimum Gasteiger partial charge on any atom is -0.399 e. The highest BCUT2D eigenvalue weighted by Crippen LogP contribution is 2.39. The van der Waals surface area contributed by atoms with Gasteiger partial charge < -0.3 is 16.5 Å². The number of rotatable bonds is 1. The van der Waals surface area contributed by atoms with E-state index in [-0.39, 0.29) is 6.04 Å². The van der Waals surface area contributed by atoms with Gasteiger partial charge in [0.1, 0.15) is 0 Å². The molecule has 1 unspecified atom stereocenters. The largest absolute Gasteiger partial charge is 0.399 e. The maximum Gasteiger partial charge on any atom is 0.0497 e. The molecular formula is C17H17N3. The summed E-state index contributed by atoms with van der Waals surface area (Å²) in [7, 11) is 0. The Morgan fingerprint density at radius 3 is 2.65 bits per heavy atom. The molecule has 3 aromatic rings. The highest BCUT2D eigenvalue weighted by molar-refractivity contribution is 5.94. The molecule has 1 aromatic heterocycles. The summed E-state index contributed by atoms with van der Waals surface area (Å²) in [6.45, 7) is 0. The Morgan fingerprint density at radius 2 is 1.85 bits per heavy atom. The maximum absolute atomic E-state index is 6.24. The molecule has 4 rings (SSSR count). The summed E-state index contributed by atoms with van der Waals surface area (Å²) in [6.07, 6.45) is 2.03. The van der Waals surface area contributed by atoms with E-state index in [0.29, 0.717) is 0 Å². The average Bonchev–Trinajstić information content (AvgIpc) is 2.84. The van der Waals surface area contributed by atoms with E-state index >= 15 is 0 Å². The fraction of sp³-hybridized carbons (Fsp3) is 0.176. The van der Waals surface area contributed by atoms with Crippen LogP contribution in [0.2, 0.25) is 0 Å². The van der Waals surface area contributed by atoms with E-state index < -0.39 is 0 Å². The lowest BCUT2D eigenvalue weighted by molar-refractivity contribution is 0.644. The molecule has 0 aliphatic heterocycles. The third kappa shape index (κ3) is 1.57. The number of aryl methyl sites for hydroxylation is 1. The number of nitrogens with one attached hydrogen (secondary N) is 1. The second-order valence-electron chi connectivity index (χ2n) is 5.52. The van der Waals surface area contributed by atoms with Crippen molar-refractivity contribution in [1.82, 2.24) is 4.98 Å². The predicted molar refractivity (Wildman–Crippen MR) is 83.4 cm³/mol. The van der Waals surface area contributed by atoms with Gasteiger partial charge in [0.05, 0.1) is 0 Å². The molecule has 3 heteroatoms. The third-order valence-electron chi connectivity index (χ3n) is 4.26. The molecule has 0 amide bonds. The molecule has 1 heterocycles. The molecule has 0 saturated carbocycles. The van der Waals surface area contributed by atoms with E-state index in [0.717, 1.165) is 18.5 Å². The maximum atomic E-state index is 6.24. The van der Waals surface area contributed by atoms with Crippen LogP contribution in [0.1, 0.15) is 23.6 Å². The molecule has 1 aliphatic carbocycles. The van der Waals surface area contributed by atoms with Crippen molar-refractivity contribution in [3.05, 3.63) is 53.6 Å². The molecular weight excluding hydrogens is 246 g/mol. The monoisotopic (exact) mass is 263 g/mol. The van der Waals surface area contributed by atoms with Crippen LogP contribution in [0.4, 0.5) is 5.69 Å². The lowest BCUT2D eigenvalue weighted by atomic mass is 9.87. The number of H-pyrrole nitrogens is 1. The highest BCUT2D eigenvalue weighted by atomic mass is 14.7. The van der Waals surface area contributed by atoms with E-state index in [1.807, 2.05) is 12.1 Å². The van der Waals surface area contributed by atoms with Gasteiger partial charge >= 0.3 is 0 Å². The van der Waals surface area contributed by atoms with E-state index in [1.54, 1.807) is 0 Å². The fourth-order valence-electron chi connectivity index (χ4n) is 3.26. The normalized spacial score (nSPS) is 17.6. The van der Waals surface area contributed by atoms with E-state index in [1.165, 1.54) is 33.3 Å². The molecule has 3 nitrogen and oxygen atoms in total. The van der Waals surface area contributed by atoms with E-state index in [2.05, 4.69) is 35.3 Å². The molecule has 0 saturated heterocycles. The molecule has 0 bridgehead atoms. The zero-order valence-corrected chi connectivity index (χ0v) is 11.2. The average molecular weight is 263 g/mol. The first-order chi connectivity index (χ1) is 9.74. The van der Waals surface area contributed by atoms with Gasteiger partial charge in [-0.2, -0.15) is 0 Å². The van der Waals surface area contributed by atoms with Crippen molar-refractivity contribution >= 4 is 16.6 Å². The van der Waals surface area contributed by atoms with E-state index in [9.17, 15) is 0 Å². The Labute approximate surface area is 117 Å². The predicted octanol–water partition coefficient (Wildman–Crippen LogP) is 3.36. The van der Waals surface area contributed by atoms with Gasteiger partial charge in [-0.25, -0.2) is 0 Å².